The molecule has 0 aliphatic heterocycles. The summed E-state index contributed by atoms with van der Waals surface area (Å²) in [4.78, 5) is 11.0. The highest BCUT2D eigenvalue weighted by atomic mass is 19.1. The van der Waals surface area contributed by atoms with Crippen LogP contribution in [0.1, 0.15) is 22.4 Å². The van der Waals surface area contributed by atoms with Gasteiger partial charge in [0, 0.05) is 13.6 Å². The predicted molar refractivity (Wildman–Crippen MR) is 47.5 cm³/mol. The Morgan fingerprint density at radius 1 is 1.86 bits per heavy atom. The molecule has 14 heavy (non-hydrogen) atoms. The summed E-state index contributed by atoms with van der Waals surface area (Å²) in [5.41, 5.74) is 5.51. The number of nitrogens with two attached hydrogens (primary N) is 1. The number of ether oxygens (including phenoxy) is 1. The van der Waals surface area contributed by atoms with Gasteiger partial charge in [-0.1, -0.05) is 0 Å². The summed E-state index contributed by atoms with van der Waals surface area (Å²) < 4.78 is 18.9. The van der Waals surface area contributed by atoms with Gasteiger partial charge in [-0.3, -0.25) is 4.68 Å². The van der Waals surface area contributed by atoms with Gasteiger partial charge >= 0.3 is 5.97 Å². The number of hydrogen-bond donors (Lipinski definition) is 1. The highest BCUT2D eigenvalue weighted by Crippen LogP contribution is 2.16. The zero-order valence-electron chi connectivity index (χ0n) is 8.03. The van der Waals surface area contributed by atoms with Crippen molar-refractivity contribution in [1.82, 2.24) is 9.78 Å². The molecular formula is C8H12FN3O2. The maximum absolute atomic E-state index is 13.2. The Balaban J connectivity index is 2.98. The molecular weight excluding hydrogens is 189 g/mol. The third-order valence-electron chi connectivity index (χ3n) is 1.84. The van der Waals surface area contributed by atoms with Crippen molar-refractivity contribution in [2.24, 2.45) is 12.8 Å². The first-order chi connectivity index (χ1) is 6.60. The normalized spacial score (nSPS) is 12.6. The number of nitrogens with zero attached hydrogens (tertiary/aromatic N) is 2. The average molecular weight is 201 g/mol. The molecule has 0 aliphatic carbocycles. The Hall–Kier alpha value is -1.43. The van der Waals surface area contributed by atoms with E-state index in [0.29, 0.717) is 0 Å². The molecule has 0 fully saturated rings. The number of methoxy groups -OCH3 is 1. The van der Waals surface area contributed by atoms with E-state index in [1.165, 1.54) is 17.9 Å². The molecule has 2 N–H and O–H groups in total. The fourth-order valence-electron chi connectivity index (χ4n) is 1.10. The number of alkyl halides is 1. The van der Waals surface area contributed by atoms with Crippen LogP contribution < -0.4 is 5.73 Å². The van der Waals surface area contributed by atoms with Gasteiger partial charge in [0.2, 0.25) is 0 Å². The summed E-state index contributed by atoms with van der Waals surface area (Å²) in [5, 5.41) is 3.80. The maximum Gasteiger partial charge on any atom is 0.358 e. The van der Waals surface area contributed by atoms with Crippen molar-refractivity contribution in [3.63, 3.8) is 0 Å². The molecule has 1 aromatic heterocycles. The van der Waals surface area contributed by atoms with Gasteiger partial charge in [0.25, 0.3) is 0 Å². The van der Waals surface area contributed by atoms with Crippen molar-refractivity contribution >= 4 is 5.97 Å². The van der Waals surface area contributed by atoms with Gasteiger partial charge in [-0.25, -0.2) is 9.18 Å². The largest absolute Gasteiger partial charge is 0.464 e. The van der Waals surface area contributed by atoms with Crippen LogP contribution in [0.25, 0.3) is 0 Å². The molecule has 78 valence electrons. The fourth-order valence-corrected chi connectivity index (χ4v) is 1.10. The molecule has 1 unspecified atom stereocenters. The van der Waals surface area contributed by atoms with E-state index in [1.54, 1.807) is 7.05 Å². The smallest absolute Gasteiger partial charge is 0.358 e. The number of carbonyl (C=O) groups excluding carboxylic acids is 1. The van der Waals surface area contributed by atoms with Crippen LogP contribution in [-0.4, -0.2) is 29.4 Å². The Kier molecular flexibility index (Phi) is 3.19. The van der Waals surface area contributed by atoms with Gasteiger partial charge in [-0.15, -0.1) is 0 Å². The lowest BCUT2D eigenvalue weighted by Crippen LogP contribution is -2.11. The lowest BCUT2D eigenvalue weighted by atomic mass is 10.2. The standard InChI is InChI=1S/C8H12FN3O2/c1-12-7(5(9)4-10)3-6(11-12)8(13)14-2/h3,5H,4,10H2,1-2H3. The first kappa shape index (κ1) is 10.6. The van der Waals surface area contributed by atoms with Crippen molar-refractivity contribution in [3.05, 3.63) is 17.5 Å². The summed E-state index contributed by atoms with van der Waals surface area (Å²) in [6.07, 6.45) is -1.31. The summed E-state index contributed by atoms with van der Waals surface area (Å²) in [6.45, 7) is -0.139. The highest BCUT2D eigenvalue weighted by Gasteiger charge is 2.18. The molecule has 0 aliphatic rings. The summed E-state index contributed by atoms with van der Waals surface area (Å²) >= 11 is 0. The highest BCUT2D eigenvalue weighted by molar-refractivity contribution is 5.87. The van der Waals surface area contributed by atoms with Crippen LogP contribution in [0.15, 0.2) is 6.07 Å². The number of halogens is 1. The van der Waals surface area contributed by atoms with Crippen molar-refractivity contribution < 1.29 is 13.9 Å². The molecule has 0 aromatic carbocycles. The monoisotopic (exact) mass is 201 g/mol. The van der Waals surface area contributed by atoms with E-state index in [9.17, 15) is 9.18 Å². The molecule has 0 amide bonds. The van der Waals surface area contributed by atoms with Crippen LogP contribution in [0, 0.1) is 0 Å². The minimum absolute atomic E-state index is 0.0844. The van der Waals surface area contributed by atoms with Gasteiger partial charge in [0.15, 0.2) is 11.9 Å². The van der Waals surface area contributed by atoms with Gasteiger partial charge in [0.05, 0.1) is 12.8 Å². The maximum atomic E-state index is 13.2. The lowest BCUT2D eigenvalue weighted by molar-refractivity contribution is 0.0593. The minimum Gasteiger partial charge on any atom is -0.464 e. The third kappa shape index (κ3) is 1.90. The average Bonchev–Trinajstić information content (AvgIpc) is 2.58. The summed E-state index contributed by atoms with van der Waals surface area (Å²) in [7, 11) is 2.79. The molecule has 1 atom stereocenters. The third-order valence-corrected chi connectivity index (χ3v) is 1.84. The van der Waals surface area contributed by atoms with Crippen LogP contribution in [0.5, 0.6) is 0 Å². The predicted octanol–water partition coefficient (Wildman–Crippen LogP) is 0.176. The Morgan fingerprint density at radius 3 is 3.00 bits per heavy atom. The summed E-state index contributed by atoms with van der Waals surface area (Å²) in [5.74, 6) is -0.587. The van der Waals surface area contributed by atoms with Crippen molar-refractivity contribution in [3.8, 4) is 0 Å². The van der Waals surface area contributed by atoms with E-state index in [2.05, 4.69) is 9.84 Å². The molecule has 6 heteroatoms. The minimum atomic E-state index is -1.31. The van der Waals surface area contributed by atoms with E-state index in [0.717, 1.165) is 0 Å². The molecule has 0 radical (unpaired) electrons. The Morgan fingerprint density at radius 2 is 2.50 bits per heavy atom. The number of hydrogen-bond acceptors (Lipinski definition) is 4. The molecule has 0 spiro atoms. The van der Waals surface area contributed by atoms with Gasteiger partial charge < -0.3 is 10.5 Å². The zero-order chi connectivity index (χ0) is 10.7. The van der Waals surface area contributed by atoms with Crippen molar-refractivity contribution in [1.29, 1.82) is 0 Å². The molecule has 0 saturated carbocycles. The van der Waals surface area contributed by atoms with Crippen LogP contribution in [0.4, 0.5) is 4.39 Å². The van der Waals surface area contributed by atoms with E-state index in [4.69, 9.17) is 5.73 Å². The van der Waals surface area contributed by atoms with Crippen LogP contribution in [-0.2, 0) is 11.8 Å². The van der Waals surface area contributed by atoms with E-state index >= 15 is 0 Å². The summed E-state index contributed by atoms with van der Waals surface area (Å²) in [6, 6.07) is 1.34. The van der Waals surface area contributed by atoms with E-state index < -0.39 is 12.1 Å². The van der Waals surface area contributed by atoms with Crippen LogP contribution >= 0.6 is 0 Å². The Bertz CT molecular complexity index is 337. The molecule has 1 rings (SSSR count). The first-order valence-electron chi connectivity index (χ1n) is 4.06. The van der Waals surface area contributed by atoms with Crippen molar-refractivity contribution in [2.75, 3.05) is 13.7 Å². The van der Waals surface area contributed by atoms with E-state index in [1.807, 2.05) is 0 Å². The Labute approximate surface area is 80.6 Å². The topological polar surface area (TPSA) is 70.1 Å². The molecule has 5 nitrogen and oxygen atoms in total. The number of rotatable bonds is 3. The van der Waals surface area contributed by atoms with E-state index in [-0.39, 0.29) is 17.9 Å². The number of aromatic nitrogens is 2. The second-order valence-corrected chi connectivity index (χ2v) is 2.77. The lowest BCUT2D eigenvalue weighted by Gasteiger charge is -2.03. The van der Waals surface area contributed by atoms with Crippen molar-refractivity contribution in [2.45, 2.75) is 6.17 Å². The van der Waals surface area contributed by atoms with Gasteiger partial charge in [-0.05, 0) is 6.07 Å². The fraction of sp³-hybridized carbons (Fsp3) is 0.500. The van der Waals surface area contributed by atoms with Gasteiger partial charge in [-0.2, -0.15) is 5.10 Å². The van der Waals surface area contributed by atoms with Gasteiger partial charge in [0.1, 0.15) is 0 Å². The number of aryl methyl sites for hydroxylation is 1. The zero-order valence-corrected chi connectivity index (χ0v) is 8.03. The second-order valence-electron chi connectivity index (χ2n) is 2.77. The van der Waals surface area contributed by atoms with Crippen LogP contribution in [0.3, 0.4) is 0 Å². The SMILES string of the molecule is COC(=O)c1cc(C(F)CN)n(C)n1. The van der Waals surface area contributed by atoms with Crippen LogP contribution in [0.2, 0.25) is 0 Å². The number of esters is 1. The quantitative estimate of drug-likeness (QED) is 0.708. The molecule has 1 heterocycles. The second kappa shape index (κ2) is 4.19. The first-order valence-corrected chi connectivity index (χ1v) is 4.06. The number of carbonyl (C=O) groups is 1. The molecule has 0 bridgehead atoms. The molecule has 0 saturated heterocycles. The molecule has 1 aromatic rings.